The molecule has 6 heteroatoms. The number of rotatable bonds is 7. The smallest absolute Gasteiger partial charge is 0.310 e. The van der Waals surface area contributed by atoms with Gasteiger partial charge in [0.2, 0.25) is 0 Å². The molecule has 0 aliphatic heterocycles. The fourth-order valence-electron chi connectivity index (χ4n) is 6.11. The lowest BCUT2D eigenvalue weighted by molar-refractivity contribution is -0.141. The van der Waals surface area contributed by atoms with Crippen LogP contribution < -0.4 is 5.32 Å². The minimum atomic E-state index is -0.700. The van der Waals surface area contributed by atoms with Crippen LogP contribution in [0, 0.1) is 10.8 Å². The van der Waals surface area contributed by atoms with Crippen molar-refractivity contribution >= 4 is 22.8 Å². The number of aromatic nitrogens is 2. The zero-order valence-electron chi connectivity index (χ0n) is 17.8. The van der Waals surface area contributed by atoms with Crippen molar-refractivity contribution in [2.45, 2.75) is 56.5 Å². The molecule has 2 heterocycles. The molecule has 4 aliphatic carbocycles. The molecule has 1 amide bonds. The first-order valence-electron chi connectivity index (χ1n) is 11.6. The summed E-state index contributed by atoms with van der Waals surface area (Å²) in [6, 6.07) is 12.1. The van der Waals surface area contributed by atoms with Gasteiger partial charge in [0.05, 0.1) is 28.7 Å². The van der Waals surface area contributed by atoms with E-state index in [0.29, 0.717) is 30.9 Å². The van der Waals surface area contributed by atoms with Crippen LogP contribution in [-0.2, 0) is 11.3 Å². The standard InChI is InChI=1S/C26H25N3O3/c30-22(28-26(9-10-26)25-14-24(25,15-25)23(31)32)20-3-1-2-17-8-11-29(21(17)20)13-19-7-6-18(12-27-19)16-4-5-16/h1-3,6-8,11-12,16H,4-5,9-10,13-15H2,(H,28,30)(H,31,32). The largest absolute Gasteiger partial charge is 0.481 e. The number of carbonyl (C=O) groups excluding carboxylic acids is 1. The molecule has 4 fully saturated rings. The molecule has 0 bridgehead atoms. The van der Waals surface area contributed by atoms with Gasteiger partial charge in [-0.05, 0) is 68.2 Å². The number of nitrogens with one attached hydrogen (secondary N) is 1. The van der Waals surface area contributed by atoms with Crippen molar-refractivity contribution in [1.82, 2.24) is 14.9 Å². The summed E-state index contributed by atoms with van der Waals surface area (Å²) in [5.41, 5.74) is 2.74. The van der Waals surface area contributed by atoms with Crippen LogP contribution in [0.5, 0.6) is 0 Å². The summed E-state index contributed by atoms with van der Waals surface area (Å²) in [5.74, 6) is -0.113. The Hall–Kier alpha value is -3.15. The summed E-state index contributed by atoms with van der Waals surface area (Å²) in [7, 11) is 0. The quantitative estimate of drug-likeness (QED) is 0.595. The van der Waals surface area contributed by atoms with E-state index in [2.05, 4.69) is 27.0 Å². The van der Waals surface area contributed by atoms with Gasteiger partial charge in [-0.2, -0.15) is 0 Å². The predicted molar refractivity (Wildman–Crippen MR) is 118 cm³/mol. The third-order valence-corrected chi connectivity index (χ3v) is 8.56. The molecular weight excluding hydrogens is 402 g/mol. The van der Waals surface area contributed by atoms with Crippen molar-refractivity contribution in [2.75, 3.05) is 0 Å². The summed E-state index contributed by atoms with van der Waals surface area (Å²) in [5, 5.41) is 13.9. The van der Waals surface area contributed by atoms with E-state index in [1.54, 1.807) is 0 Å². The summed E-state index contributed by atoms with van der Waals surface area (Å²) in [6.45, 7) is 0.607. The van der Waals surface area contributed by atoms with Crippen molar-refractivity contribution in [1.29, 1.82) is 0 Å². The first kappa shape index (κ1) is 18.4. The molecule has 2 aromatic heterocycles. The van der Waals surface area contributed by atoms with E-state index in [-0.39, 0.29) is 16.9 Å². The molecular formula is C26H25N3O3. The molecule has 0 unspecified atom stereocenters. The Kier molecular flexibility index (Phi) is 3.34. The van der Waals surface area contributed by atoms with Crippen molar-refractivity contribution in [3.63, 3.8) is 0 Å². The number of carboxylic acids is 1. The Morgan fingerprint density at radius 1 is 1.12 bits per heavy atom. The SMILES string of the molecule is O=C(NC1(C23CC2(C(=O)O)C3)CC1)c1cccc2ccn(Cc3ccc(C4CC4)cn3)c12. The van der Waals surface area contributed by atoms with Gasteiger partial charge in [0, 0.05) is 28.7 Å². The molecule has 0 atom stereocenters. The minimum Gasteiger partial charge on any atom is -0.481 e. The predicted octanol–water partition coefficient (Wildman–Crippen LogP) is 4.09. The number of amides is 1. The summed E-state index contributed by atoms with van der Waals surface area (Å²) < 4.78 is 2.09. The fourth-order valence-corrected chi connectivity index (χ4v) is 6.11. The maximum Gasteiger partial charge on any atom is 0.310 e. The molecule has 162 valence electrons. The monoisotopic (exact) mass is 427 g/mol. The number of pyridine rings is 1. The molecule has 4 aliphatic rings. The lowest BCUT2D eigenvalue weighted by Crippen LogP contribution is -2.41. The highest BCUT2D eigenvalue weighted by atomic mass is 16.4. The molecule has 7 rings (SSSR count). The van der Waals surface area contributed by atoms with E-state index < -0.39 is 11.4 Å². The lowest BCUT2D eigenvalue weighted by atomic mass is 10.0. The van der Waals surface area contributed by atoms with Crippen LogP contribution >= 0.6 is 0 Å². The van der Waals surface area contributed by atoms with E-state index in [0.717, 1.165) is 29.4 Å². The van der Waals surface area contributed by atoms with E-state index in [9.17, 15) is 14.7 Å². The number of benzene rings is 1. The number of hydrogen-bond donors (Lipinski definition) is 2. The number of carboxylic acid groups (broad SMARTS) is 1. The van der Waals surface area contributed by atoms with Gasteiger partial charge in [-0.3, -0.25) is 14.6 Å². The average molecular weight is 428 g/mol. The second kappa shape index (κ2) is 5.80. The van der Waals surface area contributed by atoms with Crippen LogP contribution in [-0.4, -0.2) is 32.1 Å². The highest BCUT2D eigenvalue weighted by molar-refractivity contribution is 6.06. The Labute approximate surface area is 185 Å². The number of nitrogens with zero attached hydrogens (tertiary/aromatic N) is 2. The third kappa shape index (κ3) is 2.38. The fraction of sp³-hybridized carbons (Fsp3) is 0.423. The van der Waals surface area contributed by atoms with Gasteiger partial charge in [-0.25, -0.2) is 0 Å². The Bertz CT molecular complexity index is 1290. The maximum atomic E-state index is 13.4. The number of fused-ring (bicyclic) bond motifs is 2. The summed E-state index contributed by atoms with van der Waals surface area (Å²) in [6.07, 6.45) is 9.70. The topological polar surface area (TPSA) is 84.2 Å². The molecule has 3 aromatic rings. The first-order valence-corrected chi connectivity index (χ1v) is 11.6. The van der Waals surface area contributed by atoms with Crippen LogP contribution in [0.3, 0.4) is 0 Å². The number of aliphatic carboxylic acids is 1. The van der Waals surface area contributed by atoms with Crippen LogP contribution in [0.25, 0.3) is 10.9 Å². The number of para-hydroxylation sites is 1. The van der Waals surface area contributed by atoms with Crippen LogP contribution in [0.2, 0.25) is 0 Å². The maximum absolute atomic E-state index is 13.4. The van der Waals surface area contributed by atoms with E-state index in [4.69, 9.17) is 0 Å². The van der Waals surface area contributed by atoms with Crippen molar-refractivity contribution < 1.29 is 14.7 Å². The second-order valence-electron chi connectivity index (χ2n) is 10.4. The van der Waals surface area contributed by atoms with E-state index in [1.165, 1.54) is 18.4 Å². The van der Waals surface area contributed by atoms with Crippen molar-refractivity contribution in [2.24, 2.45) is 10.8 Å². The van der Waals surface area contributed by atoms with Crippen molar-refractivity contribution in [3.8, 4) is 0 Å². The van der Waals surface area contributed by atoms with Gasteiger partial charge in [0.1, 0.15) is 0 Å². The Morgan fingerprint density at radius 3 is 2.56 bits per heavy atom. The number of carbonyl (C=O) groups is 2. The third-order valence-electron chi connectivity index (χ3n) is 8.56. The Balaban J connectivity index is 1.17. The molecule has 0 radical (unpaired) electrons. The van der Waals surface area contributed by atoms with Crippen LogP contribution in [0.15, 0.2) is 48.8 Å². The molecule has 4 saturated carbocycles. The summed E-state index contributed by atoms with van der Waals surface area (Å²) >= 11 is 0. The van der Waals surface area contributed by atoms with E-state index in [1.807, 2.05) is 36.7 Å². The first-order chi connectivity index (χ1) is 15.5. The van der Waals surface area contributed by atoms with Crippen LogP contribution in [0.1, 0.15) is 66.1 Å². The lowest BCUT2D eigenvalue weighted by Gasteiger charge is -2.21. The highest BCUT2D eigenvalue weighted by Gasteiger charge is 2.95. The van der Waals surface area contributed by atoms with Gasteiger partial charge >= 0.3 is 5.97 Å². The van der Waals surface area contributed by atoms with Gasteiger partial charge in [0.25, 0.3) is 5.91 Å². The summed E-state index contributed by atoms with van der Waals surface area (Å²) in [4.78, 5) is 29.7. The highest BCUT2D eigenvalue weighted by Crippen LogP contribution is 2.93. The molecule has 1 aromatic carbocycles. The van der Waals surface area contributed by atoms with Gasteiger partial charge in [-0.1, -0.05) is 18.2 Å². The normalized spacial score (nSPS) is 28.8. The van der Waals surface area contributed by atoms with Gasteiger partial charge in [0.15, 0.2) is 0 Å². The van der Waals surface area contributed by atoms with Crippen molar-refractivity contribution in [3.05, 3.63) is 65.6 Å². The molecule has 2 N–H and O–H groups in total. The number of hydrogen-bond acceptors (Lipinski definition) is 3. The Morgan fingerprint density at radius 2 is 1.94 bits per heavy atom. The molecule has 6 nitrogen and oxygen atoms in total. The molecule has 32 heavy (non-hydrogen) atoms. The zero-order chi connectivity index (χ0) is 21.7. The van der Waals surface area contributed by atoms with Crippen LogP contribution in [0.4, 0.5) is 0 Å². The minimum absolute atomic E-state index is 0.0995. The van der Waals surface area contributed by atoms with E-state index >= 15 is 0 Å². The zero-order valence-corrected chi connectivity index (χ0v) is 17.8. The molecule has 0 spiro atoms. The second-order valence-corrected chi connectivity index (χ2v) is 10.4. The van der Waals surface area contributed by atoms with Gasteiger partial charge in [-0.15, -0.1) is 0 Å². The van der Waals surface area contributed by atoms with Gasteiger partial charge < -0.3 is 15.0 Å². The average Bonchev–Trinajstić information content (AvgIpc) is 3.59. The molecule has 0 saturated heterocycles.